The molecule has 0 N–H and O–H groups in total. The van der Waals surface area contributed by atoms with Crippen molar-refractivity contribution in [2.24, 2.45) is 0 Å². The van der Waals surface area contributed by atoms with Crippen molar-refractivity contribution in [3.05, 3.63) is 54.5 Å². The van der Waals surface area contributed by atoms with E-state index in [0.29, 0.717) is 37.9 Å². The van der Waals surface area contributed by atoms with Gasteiger partial charge in [0.1, 0.15) is 0 Å². The quantitative estimate of drug-likeness (QED) is 0.691. The van der Waals surface area contributed by atoms with Crippen LogP contribution in [-0.2, 0) is 4.74 Å². The summed E-state index contributed by atoms with van der Waals surface area (Å²) in [7, 11) is 1.57. The predicted molar refractivity (Wildman–Crippen MR) is 102 cm³/mol. The number of ether oxygens (including phenoxy) is 2. The van der Waals surface area contributed by atoms with Crippen LogP contribution in [0.5, 0.6) is 5.88 Å². The Morgan fingerprint density at radius 3 is 2.82 bits per heavy atom. The molecule has 1 aliphatic rings. The average molecular weight is 379 g/mol. The van der Waals surface area contributed by atoms with Gasteiger partial charge in [0.05, 0.1) is 37.0 Å². The summed E-state index contributed by atoms with van der Waals surface area (Å²) in [5.41, 5.74) is 2.55. The minimum Gasteiger partial charge on any atom is -0.481 e. The summed E-state index contributed by atoms with van der Waals surface area (Å²) in [6.45, 7) is 2.44. The smallest absolute Gasteiger partial charge is 0.274 e. The van der Waals surface area contributed by atoms with Crippen molar-refractivity contribution in [1.82, 2.24) is 24.6 Å². The maximum atomic E-state index is 13.0. The second kappa shape index (κ2) is 8.18. The first-order valence-electron chi connectivity index (χ1n) is 9.15. The van der Waals surface area contributed by atoms with E-state index < -0.39 is 0 Å². The van der Waals surface area contributed by atoms with Crippen LogP contribution >= 0.6 is 0 Å². The maximum Gasteiger partial charge on any atom is 0.274 e. The Labute approximate surface area is 162 Å². The summed E-state index contributed by atoms with van der Waals surface area (Å²) in [6.07, 6.45) is 4.20. The first-order valence-corrected chi connectivity index (χ1v) is 9.15. The molecule has 1 saturated heterocycles. The summed E-state index contributed by atoms with van der Waals surface area (Å²) >= 11 is 0. The third-order valence-electron chi connectivity index (χ3n) is 4.54. The molecule has 3 aromatic rings. The molecular formula is C20H21N5O3. The van der Waals surface area contributed by atoms with E-state index in [1.807, 2.05) is 24.3 Å². The normalized spacial score (nSPS) is 14.5. The summed E-state index contributed by atoms with van der Waals surface area (Å²) < 4.78 is 12.3. The lowest BCUT2D eigenvalue weighted by molar-refractivity contribution is 0.0735. The van der Waals surface area contributed by atoms with Crippen molar-refractivity contribution < 1.29 is 14.3 Å². The second-order valence-corrected chi connectivity index (χ2v) is 6.36. The Morgan fingerprint density at radius 2 is 2.07 bits per heavy atom. The van der Waals surface area contributed by atoms with Crippen LogP contribution in [0.3, 0.4) is 0 Å². The van der Waals surface area contributed by atoms with Gasteiger partial charge in [0.15, 0.2) is 5.69 Å². The highest BCUT2D eigenvalue weighted by atomic mass is 16.5. The van der Waals surface area contributed by atoms with E-state index in [4.69, 9.17) is 9.47 Å². The fraction of sp³-hybridized carbons (Fsp3) is 0.300. The van der Waals surface area contributed by atoms with Gasteiger partial charge in [-0.1, -0.05) is 6.07 Å². The highest BCUT2D eigenvalue weighted by Crippen LogP contribution is 2.23. The molecule has 28 heavy (non-hydrogen) atoms. The third kappa shape index (κ3) is 3.72. The van der Waals surface area contributed by atoms with Gasteiger partial charge in [-0.15, -0.1) is 0 Å². The molecular weight excluding hydrogens is 358 g/mol. The van der Waals surface area contributed by atoms with Gasteiger partial charge in [-0.3, -0.25) is 9.78 Å². The number of hydrogen-bond acceptors (Lipinski definition) is 6. The minimum absolute atomic E-state index is 0.108. The number of nitrogens with zero attached hydrogens (tertiary/aromatic N) is 5. The summed E-state index contributed by atoms with van der Waals surface area (Å²) in [4.78, 5) is 23.5. The Hall–Kier alpha value is -3.26. The molecule has 0 spiro atoms. The van der Waals surface area contributed by atoms with E-state index in [1.54, 1.807) is 41.2 Å². The largest absolute Gasteiger partial charge is 0.481 e. The summed E-state index contributed by atoms with van der Waals surface area (Å²) in [5, 5.41) is 4.58. The molecule has 3 aromatic heterocycles. The van der Waals surface area contributed by atoms with E-state index in [2.05, 4.69) is 15.1 Å². The van der Waals surface area contributed by atoms with Crippen molar-refractivity contribution in [2.45, 2.75) is 6.42 Å². The molecule has 1 fully saturated rings. The molecule has 8 nitrogen and oxygen atoms in total. The number of hydrogen-bond donors (Lipinski definition) is 0. The van der Waals surface area contributed by atoms with Crippen molar-refractivity contribution >= 4 is 5.91 Å². The van der Waals surface area contributed by atoms with E-state index in [1.165, 1.54) is 0 Å². The van der Waals surface area contributed by atoms with Crippen molar-refractivity contribution in [3.63, 3.8) is 0 Å². The van der Waals surface area contributed by atoms with Gasteiger partial charge in [0.25, 0.3) is 5.91 Å². The van der Waals surface area contributed by atoms with E-state index >= 15 is 0 Å². The van der Waals surface area contributed by atoms with Crippen LogP contribution in [0.1, 0.15) is 16.9 Å². The topological polar surface area (TPSA) is 82.4 Å². The SMILES string of the molecule is COc1ccc(-n2nc(C(=O)N3CCCOCC3)cc2-c2ccccn2)cn1. The molecule has 0 radical (unpaired) electrons. The molecule has 0 aliphatic carbocycles. The van der Waals surface area contributed by atoms with Gasteiger partial charge >= 0.3 is 0 Å². The molecule has 4 rings (SSSR count). The van der Waals surface area contributed by atoms with Crippen molar-refractivity contribution in [3.8, 4) is 23.0 Å². The van der Waals surface area contributed by atoms with Gasteiger partial charge in [0.2, 0.25) is 5.88 Å². The Balaban J connectivity index is 1.74. The molecule has 0 unspecified atom stereocenters. The lowest BCUT2D eigenvalue weighted by atomic mass is 10.2. The highest BCUT2D eigenvalue weighted by Gasteiger charge is 2.23. The highest BCUT2D eigenvalue weighted by molar-refractivity contribution is 5.93. The lowest BCUT2D eigenvalue weighted by Gasteiger charge is -2.17. The standard InChI is InChI=1S/C20H21N5O3/c1-27-19-7-6-15(14-22-19)25-18(16-5-2-3-8-21-16)13-17(23-25)20(26)24-9-4-11-28-12-10-24/h2-3,5-8,13-14H,4,9-12H2,1H3. The summed E-state index contributed by atoms with van der Waals surface area (Å²) in [6, 6.07) is 11.0. The Morgan fingerprint density at radius 1 is 1.14 bits per heavy atom. The van der Waals surface area contributed by atoms with Gasteiger partial charge in [0, 0.05) is 32.0 Å². The van der Waals surface area contributed by atoms with E-state index in [0.717, 1.165) is 23.5 Å². The number of amides is 1. The number of aromatic nitrogens is 4. The number of rotatable bonds is 4. The maximum absolute atomic E-state index is 13.0. The number of carbonyl (C=O) groups is 1. The first kappa shape index (κ1) is 18.1. The molecule has 0 aromatic carbocycles. The van der Waals surface area contributed by atoms with Gasteiger partial charge < -0.3 is 14.4 Å². The van der Waals surface area contributed by atoms with E-state index in [-0.39, 0.29) is 5.91 Å². The van der Waals surface area contributed by atoms with Crippen molar-refractivity contribution in [1.29, 1.82) is 0 Å². The molecule has 1 aliphatic heterocycles. The number of methoxy groups -OCH3 is 1. The van der Waals surface area contributed by atoms with Crippen LogP contribution in [0, 0.1) is 0 Å². The van der Waals surface area contributed by atoms with Crippen LogP contribution in [0.25, 0.3) is 17.1 Å². The van der Waals surface area contributed by atoms with Crippen LogP contribution in [0.4, 0.5) is 0 Å². The molecule has 4 heterocycles. The monoisotopic (exact) mass is 379 g/mol. The van der Waals surface area contributed by atoms with Gasteiger partial charge in [-0.05, 0) is 30.7 Å². The van der Waals surface area contributed by atoms with Crippen LogP contribution in [0.15, 0.2) is 48.8 Å². The Bertz CT molecular complexity index is 932. The first-order chi connectivity index (χ1) is 13.8. The average Bonchev–Trinajstić information content (AvgIpc) is 3.02. The van der Waals surface area contributed by atoms with Crippen LogP contribution in [0.2, 0.25) is 0 Å². The van der Waals surface area contributed by atoms with Gasteiger partial charge in [-0.2, -0.15) is 5.10 Å². The number of carbonyl (C=O) groups excluding carboxylic acids is 1. The molecule has 8 heteroatoms. The van der Waals surface area contributed by atoms with Crippen molar-refractivity contribution in [2.75, 3.05) is 33.4 Å². The Kier molecular flexibility index (Phi) is 5.29. The summed E-state index contributed by atoms with van der Waals surface area (Å²) in [5.74, 6) is 0.402. The second-order valence-electron chi connectivity index (χ2n) is 6.36. The molecule has 1 amide bonds. The molecule has 144 valence electrons. The fourth-order valence-corrected chi connectivity index (χ4v) is 3.11. The zero-order valence-electron chi connectivity index (χ0n) is 15.6. The van der Waals surface area contributed by atoms with E-state index in [9.17, 15) is 4.79 Å². The molecule has 0 atom stereocenters. The molecule has 0 bridgehead atoms. The van der Waals surface area contributed by atoms with Crippen LogP contribution in [-0.4, -0.2) is 64.0 Å². The zero-order chi connectivity index (χ0) is 19.3. The molecule has 0 saturated carbocycles. The fourth-order valence-electron chi connectivity index (χ4n) is 3.11. The minimum atomic E-state index is -0.108. The van der Waals surface area contributed by atoms with Gasteiger partial charge in [-0.25, -0.2) is 9.67 Å². The zero-order valence-corrected chi connectivity index (χ0v) is 15.6. The third-order valence-corrected chi connectivity index (χ3v) is 4.54. The predicted octanol–water partition coefficient (Wildman–Crippen LogP) is 2.20. The lowest BCUT2D eigenvalue weighted by Crippen LogP contribution is -2.33. The number of pyridine rings is 2. The van der Waals surface area contributed by atoms with Crippen LogP contribution < -0.4 is 4.74 Å².